The number of aromatic nitrogens is 4. The predicted octanol–water partition coefficient (Wildman–Crippen LogP) is 4.43. The molecular weight excluding hydrogens is 402 g/mol. The van der Waals surface area contributed by atoms with Crippen LogP contribution in [0.25, 0.3) is 11.4 Å². The predicted molar refractivity (Wildman–Crippen MR) is 121 cm³/mol. The maximum absolute atomic E-state index is 6.07. The van der Waals surface area contributed by atoms with Crippen molar-refractivity contribution in [1.82, 2.24) is 24.6 Å². The van der Waals surface area contributed by atoms with Crippen molar-refractivity contribution in [2.24, 2.45) is 7.05 Å². The van der Waals surface area contributed by atoms with Crippen molar-refractivity contribution in [3.63, 3.8) is 0 Å². The Labute approximate surface area is 187 Å². The van der Waals surface area contributed by atoms with Crippen molar-refractivity contribution >= 4 is 0 Å². The minimum Gasteiger partial charge on any atom is -0.488 e. The number of nitrogens with zero attached hydrogens (tertiary/aromatic N) is 5. The van der Waals surface area contributed by atoms with E-state index in [9.17, 15) is 0 Å². The highest BCUT2D eigenvalue weighted by molar-refractivity contribution is 5.63. The molecule has 4 aromatic rings. The number of aryl methyl sites for hydroxylation is 1. The molecule has 7 heteroatoms. The Morgan fingerprint density at radius 1 is 1.03 bits per heavy atom. The number of benzene rings is 2. The number of hydrogen-bond acceptors (Lipinski definition) is 6. The summed E-state index contributed by atoms with van der Waals surface area (Å²) >= 11 is 0. The summed E-state index contributed by atoms with van der Waals surface area (Å²) in [7, 11) is 2.04. The van der Waals surface area contributed by atoms with Crippen molar-refractivity contribution in [2.45, 2.75) is 31.9 Å². The molecule has 0 aliphatic carbocycles. The Morgan fingerprint density at radius 3 is 2.59 bits per heavy atom. The lowest BCUT2D eigenvalue weighted by Gasteiger charge is -2.29. The summed E-state index contributed by atoms with van der Waals surface area (Å²) in [5.41, 5.74) is 1.97. The van der Waals surface area contributed by atoms with Gasteiger partial charge in [0, 0.05) is 25.4 Å². The molecule has 32 heavy (non-hydrogen) atoms. The molecule has 3 heterocycles. The molecule has 0 radical (unpaired) electrons. The van der Waals surface area contributed by atoms with E-state index < -0.39 is 0 Å². The molecule has 7 nitrogen and oxygen atoms in total. The van der Waals surface area contributed by atoms with Crippen LogP contribution in [0.1, 0.15) is 36.0 Å². The number of hydrogen-bond donors (Lipinski definition) is 0. The van der Waals surface area contributed by atoms with Crippen LogP contribution in [0, 0.1) is 0 Å². The Hall–Kier alpha value is -3.45. The number of ether oxygens (including phenoxy) is 1. The smallest absolute Gasteiger partial charge is 0.230 e. The van der Waals surface area contributed by atoms with Crippen molar-refractivity contribution in [1.29, 1.82) is 0 Å². The third kappa shape index (κ3) is 4.57. The Morgan fingerprint density at radius 2 is 1.81 bits per heavy atom. The summed E-state index contributed by atoms with van der Waals surface area (Å²) < 4.78 is 13.8. The highest BCUT2D eigenvalue weighted by Gasteiger charge is 2.26. The van der Waals surface area contributed by atoms with E-state index in [2.05, 4.69) is 31.7 Å². The average molecular weight is 430 g/mol. The van der Waals surface area contributed by atoms with Gasteiger partial charge in [-0.2, -0.15) is 4.98 Å². The first-order valence-corrected chi connectivity index (χ1v) is 11.0. The quantitative estimate of drug-likeness (QED) is 0.433. The van der Waals surface area contributed by atoms with Gasteiger partial charge in [-0.25, -0.2) is 4.98 Å². The largest absolute Gasteiger partial charge is 0.488 e. The molecule has 1 aliphatic heterocycles. The molecule has 164 valence electrons. The molecule has 0 bridgehead atoms. The fraction of sp³-hybridized carbons (Fsp3) is 0.320. The summed E-state index contributed by atoms with van der Waals surface area (Å²) in [5.74, 6) is 3.43. The molecule has 0 amide bonds. The maximum atomic E-state index is 6.07. The number of rotatable bonds is 7. The zero-order valence-corrected chi connectivity index (χ0v) is 18.2. The van der Waals surface area contributed by atoms with Crippen LogP contribution in [-0.4, -0.2) is 37.7 Å². The van der Waals surface area contributed by atoms with E-state index >= 15 is 0 Å². The van der Waals surface area contributed by atoms with Crippen molar-refractivity contribution in [3.8, 4) is 17.1 Å². The van der Waals surface area contributed by atoms with Gasteiger partial charge < -0.3 is 13.8 Å². The first-order valence-electron chi connectivity index (χ1n) is 11.0. The molecular formula is C25H27N5O2. The second kappa shape index (κ2) is 9.36. The highest BCUT2D eigenvalue weighted by Crippen LogP contribution is 2.32. The van der Waals surface area contributed by atoms with Gasteiger partial charge in [-0.3, -0.25) is 4.90 Å². The molecule has 0 spiro atoms. The van der Waals surface area contributed by atoms with E-state index in [1.54, 1.807) is 0 Å². The van der Waals surface area contributed by atoms with E-state index in [0.29, 0.717) is 12.4 Å². The molecule has 2 aromatic heterocycles. The molecule has 2 aromatic carbocycles. The van der Waals surface area contributed by atoms with Crippen LogP contribution in [0.2, 0.25) is 0 Å². The van der Waals surface area contributed by atoms with Gasteiger partial charge in [-0.05, 0) is 43.6 Å². The SMILES string of the molecule is Cn1ccnc1CN1CCC(c2nc(-c3ccccc3OCc3ccccc3)no2)CC1. The van der Waals surface area contributed by atoms with Crippen LogP contribution >= 0.6 is 0 Å². The van der Waals surface area contributed by atoms with Gasteiger partial charge in [0.25, 0.3) is 0 Å². The minimum absolute atomic E-state index is 0.284. The van der Waals surface area contributed by atoms with Gasteiger partial charge in [0.05, 0.1) is 12.1 Å². The second-order valence-corrected chi connectivity index (χ2v) is 8.23. The molecule has 1 aliphatic rings. The van der Waals surface area contributed by atoms with Crippen LogP contribution in [0.3, 0.4) is 0 Å². The van der Waals surface area contributed by atoms with E-state index in [-0.39, 0.29) is 5.92 Å². The number of imidazole rings is 1. The molecule has 0 N–H and O–H groups in total. The lowest BCUT2D eigenvalue weighted by Crippen LogP contribution is -2.33. The maximum Gasteiger partial charge on any atom is 0.230 e. The summed E-state index contributed by atoms with van der Waals surface area (Å²) in [6, 6.07) is 18.0. The first-order chi connectivity index (χ1) is 15.8. The molecule has 1 saturated heterocycles. The highest BCUT2D eigenvalue weighted by atomic mass is 16.5. The first kappa shape index (κ1) is 20.5. The molecule has 0 unspecified atom stereocenters. The van der Waals surface area contributed by atoms with Crippen molar-refractivity contribution in [3.05, 3.63) is 84.3 Å². The second-order valence-electron chi connectivity index (χ2n) is 8.23. The normalized spacial score (nSPS) is 15.2. The van der Waals surface area contributed by atoms with Gasteiger partial charge in [-0.15, -0.1) is 0 Å². The summed E-state index contributed by atoms with van der Waals surface area (Å²) in [4.78, 5) is 11.6. The summed E-state index contributed by atoms with van der Waals surface area (Å²) in [6.07, 6.45) is 5.84. The molecule has 0 atom stereocenters. The van der Waals surface area contributed by atoms with Gasteiger partial charge >= 0.3 is 0 Å². The van der Waals surface area contributed by atoms with Crippen molar-refractivity contribution in [2.75, 3.05) is 13.1 Å². The third-order valence-electron chi connectivity index (χ3n) is 6.03. The van der Waals surface area contributed by atoms with E-state index in [1.165, 1.54) is 0 Å². The Balaban J connectivity index is 1.23. The van der Waals surface area contributed by atoms with Crippen LogP contribution < -0.4 is 4.74 Å². The standard InChI is InChI=1S/C25H27N5O2/c1-29-16-13-26-23(29)17-30-14-11-20(12-15-30)25-27-24(28-32-25)21-9-5-6-10-22(21)31-18-19-7-3-2-4-8-19/h2-10,13,16,20H,11-12,14-15,17-18H2,1H3. The summed E-state index contributed by atoms with van der Waals surface area (Å²) in [6.45, 7) is 3.35. The van der Waals surface area contributed by atoms with Gasteiger partial charge in [0.15, 0.2) is 0 Å². The fourth-order valence-electron chi connectivity index (χ4n) is 4.11. The lowest BCUT2D eigenvalue weighted by atomic mass is 9.97. The van der Waals surface area contributed by atoms with Crippen LogP contribution in [0.4, 0.5) is 0 Å². The zero-order valence-electron chi connectivity index (χ0n) is 18.2. The minimum atomic E-state index is 0.284. The van der Waals surface area contributed by atoms with E-state index in [4.69, 9.17) is 14.2 Å². The zero-order chi connectivity index (χ0) is 21.8. The number of para-hydroxylation sites is 1. The monoisotopic (exact) mass is 429 g/mol. The summed E-state index contributed by atoms with van der Waals surface area (Å²) in [5, 5.41) is 4.28. The molecule has 0 saturated carbocycles. The molecule has 5 rings (SSSR count). The van der Waals surface area contributed by atoms with Crippen molar-refractivity contribution < 1.29 is 9.26 Å². The average Bonchev–Trinajstić information content (AvgIpc) is 3.49. The van der Waals surface area contributed by atoms with Crippen LogP contribution in [0.5, 0.6) is 5.75 Å². The third-order valence-corrected chi connectivity index (χ3v) is 6.03. The van der Waals surface area contributed by atoms with Gasteiger partial charge in [0.2, 0.25) is 11.7 Å². The molecule has 1 fully saturated rings. The van der Waals surface area contributed by atoms with Gasteiger partial charge in [0.1, 0.15) is 18.2 Å². The van der Waals surface area contributed by atoms with Crippen LogP contribution in [-0.2, 0) is 20.2 Å². The van der Waals surface area contributed by atoms with Gasteiger partial charge in [-0.1, -0.05) is 47.6 Å². The Bertz CT molecular complexity index is 1150. The number of likely N-dealkylation sites (tertiary alicyclic amines) is 1. The lowest BCUT2D eigenvalue weighted by molar-refractivity contribution is 0.183. The topological polar surface area (TPSA) is 69.2 Å². The number of piperidine rings is 1. The fourth-order valence-corrected chi connectivity index (χ4v) is 4.11. The van der Waals surface area contributed by atoms with E-state index in [1.807, 2.05) is 61.9 Å². The van der Waals surface area contributed by atoms with Crippen LogP contribution in [0.15, 0.2) is 71.5 Å². The Kier molecular flexibility index (Phi) is 5.98. The van der Waals surface area contributed by atoms with E-state index in [0.717, 1.165) is 61.1 Å².